The van der Waals surface area contributed by atoms with Crippen molar-refractivity contribution in [3.8, 4) is 23.2 Å². The van der Waals surface area contributed by atoms with Crippen LogP contribution in [0.2, 0.25) is 0 Å². The Hall–Kier alpha value is -2.97. The van der Waals surface area contributed by atoms with E-state index in [1.807, 2.05) is 48.5 Å². The molecule has 0 amide bonds. The lowest BCUT2D eigenvalue weighted by Crippen LogP contribution is -2.15. The van der Waals surface area contributed by atoms with Crippen LogP contribution in [0.4, 0.5) is 0 Å². The van der Waals surface area contributed by atoms with Crippen molar-refractivity contribution < 1.29 is 14.6 Å². The SMILES string of the molecule is COc1cc(CNCCCCO)ccc1Oc1nnnn1-c1ccccc1. The number of nitrogens with one attached hydrogen (secondary N) is 1. The average Bonchev–Trinajstić information content (AvgIpc) is 3.17. The molecule has 1 heterocycles. The zero-order chi connectivity index (χ0) is 18.9. The number of hydrogen-bond acceptors (Lipinski definition) is 7. The fraction of sp³-hybridized carbons (Fsp3) is 0.316. The first-order valence-corrected chi connectivity index (χ1v) is 8.82. The third-order valence-corrected chi connectivity index (χ3v) is 3.96. The third-order valence-electron chi connectivity index (χ3n) is 3.96. The second-order valence-electron chi connectivity index (χ2n) is 5.90. The van der Waals surface area contributed by atoms with Gasteiger partial charge in [0.05, 0.1) is 12.8 Å². The number of hydrogen-bond donors (Lipinski definition) is 2. The summed E-state index contributed by atoms with van der Waals surface area (Å²) < 4.78 is 12.9. The topological polar surface area (TPSA) is 94.3 Å². The predicted octanol–water partition coefficient (Wildman–Crippen LogP) is 2.33. The molecule has 2 N–H and O–H groups in total. The highest BCUT2D eigenvalue weighted by molar-refractivity contribution is 5.44. The number of unbranched alkanes of at least 4 members (excludes halogenated alkanes) is 1. The molecule has 3 aromatic rings. The summed E-state index contributed by atoms with van der Waals surface area (Å²) >= 11 is 0. The number of ether oxygens (including phenoxy) is 2. The number of methoxy groups -OCH3 is 1. The molecule has 3 rings (SSSR count). The van der Waals surface area contributed by atoms with Gasteiger partial charge in [-0.3, -0.25) is 0 Å². The van der Waals surface area contributed by atoms with E-state index in [9.17, 15) is 0 Å². The van der Waals surface area contributed by atoms with Gasteiger partial charge in [-0.1, -0.05) is 29.4 Å². The maximum absolute atomic E-state index is 8.81. The summed E-state index contributed by atoms with van der Waals surface area (Å²) in [6.45, 7) is 1.79. The molecule has 0 aliphatic rings. The molecule has 0 bridgehead atoms. The van der Waals surface area contributed by atoms with E-state index in [0.717, 1.165) is 30.6 Å². The Morgan fingerprint density at radius 2 is 1.93 bits per heavy atom. The van der Waals surface area contributed by atoms with Crippen molar-refractivity contribution in [2.45, 2.75) is 19.4 Å². The molecule has 0 fully saturated rings. The summed E-state index contributed by atoms with van der Waals surface area (Å²) in [6.07, 6.45) is 1.75. The highest BCUT2D eigenvalue weighted by atomic mass is 16.5. The smallest absolute Gasteiger partial charge is 0.346 e. The summed E-state index contributed by atoms with van der Waals surface area (Å²) in [5.74, 6) is 1.14. The van der Waals surface area contributed by atoms with Gasteiger partial charge in [0.25, 0.3) is 0 Å². The van der Waals surface area contributed by atoms with E-state index in [0.29, 0.717) is 18.0 Å². The molecule has 27 heavy (non-hydrogen) atoms. The van der Waals surface area contributed by atoms with E-state index in [1.54, 1.807) is 7.11 Å². The second kappa shape index (κ2) is 9.65. The number of nitrogens with zero attached hydrogens (tertiary/aromatic N) is 4. The number of para-hydroxylation sites is 1. The lowest BCUT2D eigenvalue weighted by atomic mass is 10.2. The van der Waals surface area contributed by atoms with Gasteiger partial charge in [0.15, 0.2) is 11.5 Å². The van der Waals surface area contributed by atoms with Gasteiger partial charge in [-0.05, 0) is 59.6 Å². The zero-order valence-electron chi connectivity index (χ0n) is 15.2. The summed E-state index contributed by atoms with van der Waals surface area (Å²) in [6, 6.07) is 15.5. The maximum Gasteiger partial charge on any atom is 0.346 e. The van der Waals surface area contributed by atoms with Crippen molar-refractivity contribution in [1.29, 1.82) is 0 Å². The first-order valence-electron chi connectivity index (χ1n) is 8.82. The van der Waals surface area contributed by atoms with Crippen LogP contribution in [-0.4, -0.2) is 45.6 Å². The fourth-order valence-electron chi connectivity index (χ4n) is 2.57. The minimum absolute atomic E-state index is 0.226. The van der Waals surface area contributed by atoms with Crippen LogP contribution >= 0.6 is 0 Å². The van der Waals surface area contributed by atoms with Crippen LogP contribution < -0.4 is 14.8 Å². The summed E-state index contributed by atoms with van der Waals surface area (Å²) in [7, 11) is 1.60. The number of aromatic nitrogens is 4. The quantitative estimate of drug-likeness (QED) is 0.530. The van der Waals surface area contributed by atoms with Gasteiger partial charge in [-0.25, -0.2) is 0 Å². The molecule has 0 spiro atoms. The van der Waals surface area contributed by atoms with Crippen LogP contribution in [0.5, 0.6) is 17.5 Å². The molecule has 0 aliphatic carbocycles. The van der Waals surface area contributed by atoms with Crippen LogP contribution in [0.3, 0.4) is 0 Å². The molecule has 0 aliphatic heterocycles. The van der Waals surface area contributed by atoms with Crippen LogP contribution in [0.1, 0.15) is 18.4 Å². The van der Waals surface area contributed by atoms with Gasteiger partial charge in [-0.2, -0.15) is 4.68 Å². The lowest BCUT2D eigenvalue weighted by Gasteiger charge is -2.12. The summed E-state index contributed by atoms with van der Waals surface area (Å²) in [5, 5.41) is 23.8. The first kappa shape index (κ1) is 18.8. The highest BCUT2D eigenvalue weighted by Crippen LogP contribution is 2.32. The molecule has 8 heteroatoms. The first-order chi connectivity index (χ1) is 13.3. The zero-order valence-corrected chi connectivity index (χ0v) is 15.2. The molecule has 0 atom stereocenters. The molecule has 0 saturated heterocycles. The molecule has 0 unspecified atom stereocenters. The number of benzene rings is 2. The Labute approximate surface area is 157 Å². The predicted molar refractivity (Wildman–Crippen MR) is 100 cm³/mol. The van der Waals surface area contributed by atoms with Crippen LogP contribution in [-0.2, 0) is 6.54 Å². The average molecular weight is 369 g/mol. The van der Waals surface area contributed by atoms with E-state index in [-0.39, 0.29) is 12.6 Å². The molecule has 0 radical (unpaired) electrons. The van der Waals surface area contributed by atoms with E-state index in [2.05, 4.69) is 20.8 Å². The van der Waals surface area contributed by atoms with Crippen molar-refractivity contribution in [1.82, 2.24) is 25.5 Å². The minimum Gasteiger partial charge on any atom is -0.493 e. The molecule has 142 valence electrons. The second-order valence-corrected chi connectivity index (χ2v) is 5.90. The molecular weight excluding hydrogens is 346 g/mol. The van der Waals surface area contributed by atoms with Crippen LogP contribution in [0.25, 0.3) is 5.69 Å². The van der Waals surface area contributed by atoms with E-state index in [4.69, 9.17) is 14.6 Å². The largest absolute Gasteiger partial charge is 0.493 e. The van der Waals surface area contributed by atoms with E-state index in [1.165, 1.54) is 4.68 Å². The van der Waals surface area contributed by atoms with Crippen LogP contribution in [0, 0.1) is 0 Å². The molecule has 0 saturated carbocycles. The van der Waals surface area contributed by atoms with Crippen molar-refractivity contribution in [2.24, 2.45) is 0 Å². The number of rotatable bonds is 10. The van der Waals surface area contributed by atoms with E-state index >= 15 is 0 Å². The molecular formula is C19H23N5O3. The fourth-order valence-corrected chi connectivity index (χ4v) is 2.57. The van der Waals surface area contributed by atoms with Gasteiger partial charge >= 0.3 is 6.01 Å². The summed E-state index contributed by atoms with van der Waals surface area (Å²) in [4.78, 5) is 0. The maximum atomic E-state index is 8.81. The standard InChI is InChI=1S/C19H23N5O3/c1-26-18-13-15(14-20-11-5-6-12-25)9-10-17(18)27-19-21-22-23-24(19)16-7-3-2-4-8-16/h2-4,7-10,13,20,25H,5-6,11-12,14H2,1H3. The van der Waals surface area contributed by atoms with Crippen molar-refractivity contribution in [3.63, 3.8) is 0 Å². The van der Waals surface area contributed by atoms with Crippen molar-refractivity contribution >= 4 is 0 Å². The number of aliphatic hydroxyl groups excluding tert-OH is 1. The highest BCUT2D eigenvalue weighted by Gasteiger charge is 2.14. The monoisotopic (exact) mass is 369 g/mol. The Kier molecular flexibility index (Phi) is 6.72. The van der Waals surface area contributed by atoms with Gasteiger partial charge < -0.3 is 19.9 Å². The van der Waals surface area contributed by atoms with Crippen LogP contribution in [0.15, 0.2) is 48.5 Å². The molecule has 8 nitrogen and oxygen atoms in total. The Bertz CT molecular complexity index is 838. The number of tetrazole rings is 1. The van der Waals surface area contributed by atoms with Gasteiger partial charge in [0.1, 0.15) is 0 Å². The lowest BCUT2D eigenvalue weighted by molar-refractivity contribution is 0.283. The Morgan fingerprint density at radius 3 is 2.70 bits per heavy atom. The Morgan fingerprint density at radius 1 is 1.07 bits per heavy atom. The van der Waals surface area contributed by atoms with Crippen molar-refractivity contribution in [2.75, 3.05) is 20.3 Å². The van der Waals surface area contributed by atoms with Gasteiger partial charge in [0, 0.05) is 13.2 Å². The van der Waals surface area contributed by atoms with Gasteiger partial charge in [0.2, 0.25) is 0 Å². The Balaban J connectivity index is 1.70. The normalized spacial score (nSPS) is 10.7. The summed E-state index contributed by atoms with van der Waals surface area (Å²) in [5.41, 5.74) is 1.88. The van der Waals surface area contributed by atoms with E-state index < -0.39 is 0 Å². The molecule has 2 aromatic carbocycles. The number of aliphatic hydroxyl groups is 1. The van der Waals surface area contributed by atoms with Crippen molar-refractivity contribution in [3.05, 3.63) is 54.1 Å². The minimum atomic E-state index is 0.226. The van der Waals surface area contributed by atoms with Gasteiger partial charge in [-0.15, -0.1) is 0 Å². The third kappa shape index (κ3) is 5.02. The molecule has 1 aromatic heterocycles.